The highest BCUT2D eigenvalue weighted by atomic mass is 127. The molecule has 0 aliphatic heterocycles. The van der Waals surface area contributed by atoms with E-state index in [4.69, 9.17) is 5.73 Å². The van der Waals surface area contributed by atoms with Crippen LogP contribution in [0.1, 0.15) is 24.0 Å². The Hall–Kier alpha value is -1.25. The highest BCUT2D eigenvalue weighted by Crippen LogP contribution is 2.49. The molecule has 1 aromatic rings. The molecule has 0 bridgehead atoms. The second kappa shape index (κ2) is 7.34. The second-order valence-electron chi connectivity index (χ2n) is 5.23. The van der Waals surface area contributed by atoms with Crippen LogP contribution in [0.4, 0.5) is 13.2 Å². The zero-order chi connectivity index (χ0) is 15.5. The van der Waals surface area contributed by atoms with E-state index in [-0.39, 0.29) is 35.4 Å². The molecule has 1 saturated carbocycles. The Morgan fingerprint density at radius 2 is 2.09 bits per heavy atom. The van der Waals surface area contributed by atoms with Crippen LogP contribution in [-0.4, -0.2) is 19.0 Å². The largest absolute Gasteiger partial charge is 0.416 e. The van der Waals surface area contributed by atoms with Crippen LogP contribution in [0.15, 0.2) is 41.9 Å². The average Bonchev–Trinajstić information content (AvgIpc) is 3.23. The lowest BCUT2D eigenvalue weighted by Gasteiger charge is -2.16. The first kappa shape index (κ1) is 18.8. The number of rotatable bonds is 5. The van der Waals surface area contributed by atoms with E-state index >= 15 is 0 Å². The number of halogens is 4. The number of nitrogens with two attached hydrogens (primary N) is 1. The molecule has 2 rings (SSSR count). The van der Waals surface area contributed by atoms with Gasteiger partial charge in [0.2, 0.25) is 0 Å². The van der Waals surface area contributed by atoms with Gasteiger partial charge in [0.25, 0.3) is 0 Å². The molecule has 0 heterocycles. The maximum absolute atomic E-state index is 12.8. The zero-order valence-electron chi connectivity index (χ0n) is 12.0. The van der Waals surface area contributed by atoms with E-state index in [2.05, 4.69) is 16.9 Å². The molecule has 0 saturated heterocycles. The van der Waals surface area contributed by atoms with Gasteiger partial charge in [-0.05, 0) is 24.5 Å². The van der Waals surface area contributed by atoms with Crippen molar-refractivity contribution in [3.63, 3.8) is 0 Å². The number of nitrogens with zero attached hydrogens (tertiary/aromatic N) is 1. The first-order valence-corrected chi connectivity index (χ1v) is 6.70. The Labute approximate surface area is 144 Å². The summed E-state index contributed by atoms with van der Waals surface area (Å²) in [6.07, 6.45) is -1.01. The number of hydrogen-bond donors (Lipinski definition) is 2. The lowest BCUT2D eigenvalue weighted by Crippen LogP contribution is -2.32. The summed E-state index contributed by atoms with van der Waals surface area (Å²) in [6.45, 7) is 4.45. The average molecular weight is 425 g/mol. The van der Waals surface area contributed by atoms with Crippen LogP contribution in [0.3, 0.4) is 0 Å². The minimum Gasteiger partial charge on any atom is -0.370 e. The second-order valence-corrected chi connectivity index (χ2v) is 5.23. The van der Waals surface area contributed by atoms with Gasteiger partial charge in [0.05, 0.1) is 12.1 Å². The van der Waals surface area contributed by atoms with Gasteiger partial charge in [0, 0.05) is 12.0 Å². The lowest BCUT2D eigenvalue weighted by atomic mass is 9.94. The quantitative estimate of drug-likeness (QED) is 0.329. The molecule has 3 nitrogen and oxygen atoms in total. The summed E-state index contributed by atoms with van der Waals surface area (Å²) in [6, 6.07) is 5.48. The number of benzene rings is 1. The number of nitrogens with one attached hydrogen (secondary N) is 1. The third-order valence-corrected chi connectivity index (χ3v) is 3.64. The van der Waals surface area contributed by atoms with E-state index in [1.165, 1.54) is 12.1 Å². The first-order chi connectivity index (χ1) is 9.87. The van der Waals surface area contributed by atoms with Crippen LogP contribution in [0, 0.1) is 0 Å². The fraction of sp³-hybridized carbons (Fsp3) is 0.400. The number of hydrogen-bond acceptors (Lipinski definition) is 1. The number of alkyl halides is 3. The molecular weight excluding hydrogens is 406 g/mol. The Kier molecular flexibility index (Phi) is 6.27. The molecule has 0 spiro atoms. The molecule has 122 valence electrons. The minimum atomic E-state index is -4.32. The molecule has 0 aromatic heterocycles. The van der Waals surface area contributed by atoms with Crippen molar-refractivity contribution in [1.82, 2.24) is 5.32 Å². The molecule has 1 aliphatic rings. The van der Waals surface area contributed by atoms with Gasteiger partial charge in [-0.15, -0.1) is 30.6 Å². The van der Waals surface area contributed by atoms with Crippen LogP contribution < -0.4 is 11.1 Å². The molecule has 7 heteroatoms. The first-order valence-electron chi connectivity index (χ1n) is 6.70. The molecule has 0 amide bonds. The van der Waals surface area contributed by atoms with Crippen molar-refractivity contribution < 1.29 is 13.2 Å². The predicted octanol–water partition coefficient (Wildman–Crippen LogP) is 3.45. The fourth-order valence-electron chi connectivity index (χ4n) is 2.18. The van der Waals surface area contributed by atoms with E-state index in [9.17, 15) is 13.2 Å². The van der Waals surface area contributed by atoms with Gasteiger partial charge in [0.15, 0.2) is 5.96 Å². The highest BCUT2D eigenvalue weighted by molar-refractivity contribution is 14.0. The third kappa shape index (κ3) is 4.62. The van der Waals surface area contributed by atoms with Gasteiger partial charge in [-0.2, -0.15) is 13.2 Å². The molecule has 1 fully saturated rings. The van der Waals surface area contributed by atoms with Gasteiger partial charge in [-0.3, -0.25) is 4.99 Å². The smallest absolute Gasteiger partial charge is 0.370 e. The molecule has 1 aromatic carbocycles. The third-order valence-electron chi connectivity index (χ3n) is 3.64. The van der Waals surface area contributed by atoms with E-state index in [0.717, 1.165) is 18.9 Å². The van der Waals surface area contributed by atoms with Crippen LogP contribution in [-0.2, 0) is 11.6 Å². The summed E-state index contributed by atoms with van der Waals surface area (Å²) in [4.78, 5) is 4.22. The van der Waals surface area contributed by atoms with E-state index in [0.29, 0.717) is 18.7 Å². The molecular formula is C15H19F3IN3. The summed E-state index contributed by atoms with van der Waals surface area (Å²) in [7, 11) is 0. The predicted molar refractivity (Wildman–Crippen MR) is 92.5 cm³/mol. The van der Waals surface area contributed by atoms with Crippen molar-refractivity contribution in [2.75, 3.05) is 13.1 Å². The fourth-order valence-corrected chi connectivity index (χ4v) is 2.18. The van der Waals surface area contributed by atoms with E-state index in [1.54, 1.807) is 12.1 Å². The monoisotopic (exact) mass is 425 g/mol. The van der Waals surface area contributed by atoms with Crippen LogP contribution >= 0.6 is 24.0 Å². The Bertz CT molecular complexity index is 551. The van der Waals surface area contributed by atoms with Crippen LogP contribution in [0.5, 0.6) is 0 Å². The molecule has 0 radical (unpaired) electrons. The lowest BCUT2D eigenvalue weighted by molar-refractivity contribution is -0.137. The highest BCUT2D eigenvalue weighted by Gasteiger charge is 2.45. The summed E-state index contributed by atoms with van der Waals surface area (Å²) in [5.41, 5.74) is 5.44. The van der Waals surface area contributed by atoms with E-state index in [1.807, 2.05) is 0 Å². The Morgan fingerprint density at radius 3 is 2.64 bits per heavy atom. The SMILES string of the molecule is C=CCNC(N)=NCC1(c2cccc(C(F)(F)F)c2)CC1.I. The Balaban J connectivity index is 0.00000242. The van der Waals surface area contributed by atoms with Crippen molar-refractivity contribution in [3.8, 4) is 0 Å². The molecule has 0 unspecified atom stereocenters. The maximum atomic E-state index is 12.8. The molecule has 22 heavy (non-hydrogen) atoms. The number of guanidine groups is 1. The van der Waals surface area contributed by atoms with Gasteiger partial charge < -0.3 is 11.1 Å². The number of aliphatic imine (C=N–C) groups is 1. The summed E-state index contributed by atoms with van der Waals surface area (Å²) < 4.78 is 38.3. The van der Waals surface area contributed by atoms with Gasteiger partial charge in [0.1, 0.15) is 0 Å². The van der Waals surface area contributed by atoms with Gasteiger partial charge in [-0.1, -0.05) is 24.3 Å². The zero-order valence-corrected chi connectivity index (χ0v) is 14.3. The van der Waals surface area contributed by atoms with Crippen LogP contribution in [0.25, 0.3) is 0 Å². The molecule has 1 aliphatic carbocycles. The topological polar surface area (TPSA) is 50.4 Å². The van der Waals surface area contributed by atoms with Crippen molar-refractivity contribution in [2.45, 2.75) is 24.4 Å². The summed E-state index contributed by atoms with van der Waals surface area (Å²) in [5.74, 6) is 0.285. The van der Waals surface area contributed by atoms with Crippen molar-refractivity contribution in [1.29, 1.82) is 0 Å². The molecule has 3 N–H and O–H groups in total. The standard InChI is InChI=1S/C15H18F3N3.HI/c1-2-8-20-13(19)21-10-14(6-7-14)11-4-3-5-12(9-11)15(16,17)18;/h2-5,9H,1,6-8,10H2,(H3,19,20,21);1H. The van der Waals surface area contributed by atoms with Crippen molar-refractivity contribution in [3.05, 3.63) is 48.0 Å². The molecule has 0 atom stereocenters. The normalized spacial score (nSPS) is 16.6. The van der Waals surface area contributed by atoms with Crippen LogP contribution in [0.2, 0.25) is 0 Å². The van der Waals surface area contributed by atoms with Crippen molar-refractivity contribution >= 4 is 29.9 Å². The maximum Gasteiger partial charge on any atom is 0.416 e. The van der Waals surface area contributed by atoms with Gasteiger partial charge >= 0.3 is 6.18 Å². The summed E-state index contributed by atoms with van der Waals surface area (Å²) in [5, 5.41) is 2.85. The van der Waals surface area contributed by atoms with E-state index < -0.39 is 11.7 Å². The van der Waals surface area contributed by atoms with Crippen molar-refractivity contribution in [2.24, 2.45) is 10.7 Å². The summed E-state index contributed by atoms with van der Waals surface area (Å²) >= 11 is 0. The Morgan fingerprint density at radius 1 is 1.41 bits per heavy atom. The van der Waals surface area contributed by atoms with Gasteiger partial charge in [-0.25, -0.2) is 0 Å². The minimum absolute atomic E-state index is 0.